The Morgan fingerprint density at radius 1 is 1.23 bits per heavy atom. The van der Waals surface area contributed by atoms with E-state index in [9.17, 15) is 5.11 Å². The molecule has 0 bridgehead atoms. The lowest BCUT2D eigenvalue weighted by Crippen LogP contribution is -2.42. The molecular formula is C19H27N3O4. The molecule has 1 aromatic carbocycles. The first kappa shape index (κ1) is 19.7. The predicted octanol–water partition coefficient (Wildman–Crippen LogP) is 2.34. The SMILES string of the molecule is CCNC(=NCC(O)c1ccco1)NCC(C)Oc1cccc(OC)c1. The summed E-state index contributed by atoms with van der Waals surface area (Å²) >= 11 is 0. The minimum absolute atomic E-state index is 0.0824. The molecule has 0 radical (unpaired) electrons. The highest BCUT2D eigenvalue weighted by atomic mass is 16.5. The number of guanidine groups is 1. The molecule has 1 aromatic heterocycles. The number of hydrogen-bond acceptors (Lipinski definition) is 5. The van der Waals surface area contributed by atoms with E-state index in [-0.39, 0.29) is 12.6 Å². The van der Waals surface area contributed by atoms with E-state index < -0.39 is 6.10 Å². The van der Waals surface area contributed by atoms with Gasteiger partial charge in [-0.05, 0) is 38.1 Å². The number of methoxy groups -OCH3 is 1. The van der Waals surface area contributed by atoms with Crippen molar-refractivity contribution in [2.24, 2.45) is 4.99 Å². The summed E-state index contributed by atoms with van der Waals surface area (Å²) in [5.74, 6) is 2.61. The van der Waals surface area contributed by atoms with Gasteiger partial charge in [0.15, 0.2) is 5.96 Å². The van der Waals surface area contributed by atoms with Crippen molar-refractivity contribution in [3.63, 3.8) is 0 Å². The summed E-state index contributed by atoms with van der Waals surface area (Å²) in [6, 6.07) is 11.0. The molecule has 0 aliphatic carbocycles. The molecule has 7 nitrogen and oxygen atoms in total. The highest BCUT2D eigenvalue weighted by molar-refractivity contribution is 5.79. The third-order valence-corrected chi connectivity index (χ3v) is 3.57. The molecule has 2 atom stereocenters. The second-order valence-corrected chi connectivity index (χ2v) is 5.74. The molecule has 2 aromatic rings. The van der Waals surface area contributed by atoms with Crippen molar-refractivity contribution in [3.05, 3.63) is 48.4 Å². The zero-order valence-electron chi connectivity index (χ0n) is 15.4. The molecule has 26 heavy (non-hydrogen) atoms. The molecule has 7 heteroatoms. The number of aliphatic hydroxyl groups excluding tert-OH is 1. The average Bonchev–Trinajstić information content (AvgIpc) is 3.18. The lowest BCUT2D eigenvalue weighted by Gasteiger charge is -2.18. The molecule has 0 spiro atoms. The first-order valence-electron chi connectivity index (χ1n) is 8.66. The first-order chi connectivity index (χ1) is 12.6. The fraction of sp³-hybridized carbons (Fsp3) is 0.421. The van der Waals surface area contributed by atoms with Crippen molar-refractivity contribution < 1.29 is 19.0 Å². The fourth-order valence-electron chi connectivity index (χ4n) is 2.28. The van der Waals surface area contributed by atoms with Crippen molar-refractivity contribution in [1.82, 2.24) is 10.6 Å². The van der Waals surface area contributed by atoms with Crippen LogP contribution in [0.25, 0.3) is 0 Å². The highest BCUT2D eigenvalue weighted by Gasteiger charge is 2.11. The number of aliphatic hydroxyl groups is 1. The number of furan rings is 1. The van der Waals surface area contributed by atoms with Crippen LogP contribution in [0.3, 0.4) is 0 Å². The molecule has 0 fully saturated rings. The Labute approximate surface area is 154 Å². The van der Waals surface area contributed by atoms with Crippen molar-refractivity contribution >= 4 is 5.96 Å². The molecule has 0 saturated heterocycles. The van der Waals surface area contributed by atoms with E-state index in [2.05, 4.69) is 15.6 Å². The van der Waals surface area contributed by atoms with E-state index in [1.807, 2.05) is 38.1 Å². The summed E-state index contributed by atoms with van der Waals surface area (Å²) in [7, 11) is 1.63. The quantitative estimate of drug-likeness (QED) is 0.469. The number of rotatable bonds is 9. The van der Waals surface area contributed by atoms with Crippen LogP contribution in [-0.4, -0.2) is 43.9 Å². The second-order valence-electron chi connectivity index (χ2n) is 5.74. The summed E-state index contributed by atoms with van der Waals surface area (Å²) in [4.78, 5) is 4.38. The van der Waals surface area contributed by atoms with E-state index in [4.69, 9.17) is 13.9 Å². The van der Waals surface area contributed by atoms with Crippen molar-refractivity contribution in [2.45, 2.75) is 26.1 Å². The summed E-state index contributed by atoms with van der Waals surface area (Å²) in [6.45, 7) is 5.42. The van der Waals surface area contributed by atoms with Crippen molar-refractivity contribution in [2.75, 3.05) is 26.7 Å². The van der Waals surface area contributed by atoms with E-state index in [1.54, 1.807) is 19.2 Å². The van der Waals surface area contributed by atoms with Gasteiger partial charge in [-0.3, -0.25) is 4.99 Å². The van der Waals surface area contributed by atoms with Gasteiger partial charge in [0.2, 0.25) is 0 Å². The van der Waals surface area contributed by atoms with Crippen LogP contribution in [0.2, 0.25) is 0 Å². The maximum Gasteiger partial charge on any atom is 0.191 e. The van der Waals surface area contributed by atoms with E-state index in [0.717, 1.165) is 11.5 Å². The van der Waals surface area contributed by atoms with E-state index in [0.29, 0.717) is 24.8 Å². The van der Waals surface area contributed by atoms with Gasteiger partial charge in [0.1, 0.15) is 29.5 Å². The Morgan fingerprint density at radius 2 is 2.04 bits per heavy atom. The van der Waals surface area contributed by atoms with Gasteiger partial charge in [-0.2, -0.15) is 0 Å². The molecule has 0 aliphatic heterocycles. The largest absolute Gasteiger partial charge is 0.497 e. The molecule has 0 aliphatic rings. The minimum atomic E-state index is -0.772. The van der Waals surface area contributed by atoms with Gasteiger partial charge in [-0.25, -0.2) is 0 Å². The molecule has 0 saturated carbocycles. The van der Waals surface area contributed by atoms with Gasteiger partial charge in [0, 0.05) is 12.6 Å². The summed E-state index contributed by atoms with van der Waals surface area (Å²) < 4.78 is 16.3. The Kier molecular flexibility index (Phi) is 7.82. The summed E-state index contributed by atoms with van der Waals surface area (Å²) in [5, 5.41) is 16.4. The molecule has 142 valence electrons. The first-order valence-corrected chi connectivity index (χ1v) is 8.66. The lowest BCUT2D eigenvalue weighted by molar-refractivity contribution is 0.158. The van der Waals surface area contributed by atoms with Crippen LogP contribution in [0.1, 0.15) is 25.7 Å². The monoisotopic (exact) mass is 361 g/mol. The Balaban J connectivity index is 1.85. The van der Waals surface area contributed by atoms with Gasteiger partial charge in [-0.1, -0.05) is 6.07 Å². The highest BCUT2D eigenvalue weighted by Crippen LogP contribution is 2.19. The number of aliphatic imine (C=N–C) groups is 1. The van der Waals surface area contributed by atoms with Crippen LogP contribution in [0.5, 0.6) is 11.5 Å². The maximum absolute atomic E-state index is 10.1. The predicted molar refractivity (Wildman–Crippen MR) is 101 cm³/mol. The Bertz CT molecular complexity index is 673. The fourth-order valence-corrected chi connectivity index (χ4v) is 2.28. The number of hydrogen-bond donors (Lipinski definition) is 3. The van der Waals surface area contributed by atoms with Crippen LogP contribution < -0.4 is 20.1 Å². The van der Waals surface area contributed by atoms with Crippen LogP contribution in [0.4, 0.5) is 0 Å². The minimum Gasteiger partial charge on any atom is -0.497 e. The number of nitrogens with one attached hydrogen (secondary N) is 2. The third kappa shape index (κ3) is 6.33. The molecule has 2 unspecified atom stereocenters. The standard InChI is InChI=1S/C19H27N3O4/c1-4-20-19(22-13-17(23)18-9-6-10-25-18)21-12-14(2)26-16-8-5-7-15(11-16)24-3/h5-11,14,17,23H,4,12-13H2,1-3H3,(H2,20,21,22). The van der Waals surface area contributed by atoms with Crippen LogP contribution in [0, 0.1) is 0 Å². The Hall–Kier alpha value is -2.67. The average molecular weight is 361 g/mol. The van der Waals surface area contributed by atoms with Gasteiger partial charge < -0.3 is 29.6 Å². The van der Waals surface area contributed by atoms with E-state index in [1.165, 1.54) is 6.26 Å². The van der Waals surface area contributed by atoms with Crippen LogP contribution in [0.15, 0.2) is 52.1 Å². The summed E-state index contributed by atoms with van der Waals surface area (Å²) in [5.41, 5.74) is 0. The van der Waals surface area contributed by atoms with Crippen molar-refractivity contribution in [3.8, 4) is 11.5 Å². The summed E-state index contributed by atoms with van der Waals surface area (Å²) in [6.07, 6.45) is 0.676. The zero-order valence-corrected chi connectivity index (χ0v) is 15.4. The molecule has 3 N–H and O–H groups in total. The Morgan fingerprint density at radius 3 is 2.73 bits per heavy atom. The third-order valence-electron chi connectivity index (χ3n) is 3.57. The second kappa shape index (κ2) is 10.4. The van der Waals surface area contributed by atoms with E-state index >= 15 is 0 Å². The zero-order chi connectivity index (χ0) is 18.8. The van der Waals surface area contributed by atoms with Gasteiger partial charge in [0.05, 0.1) is 26.5 Å². The normalized spacial score (nSPS) is 13.8. The number of ether oxygens (including phenoxy) is 2. The number of benzene rings is 1. The molecular weight excluding hydrogens is 334 g/mol. The van der Waals surface area contributed by atoms with Gasteiger partial charge in [0.25, 0.3) is 0 Å². The van der Waals surface area contributed by atoms with Crippen LogP contribution in [-0.2, 0) is 0 Å². The van der Waals surface area contributed by atoms with Gasteiger partial charge in [-0.15, -0.1) is 0 Å². The van der Waals surface area contributed by atoms with Gasteiger partial charge >= 0.3 is 0 Å². The van der Waals surface area contributed by atoms with Crippen molar-refractivity contribution in [1.29, 1.82) is 0 Å². The maximum atomic E-state index is 10.1. The molecule has 0 amide bonds. The van der Waals surface area contributed by atoms with Crippen LogP contribution >= 0.6 is 0 Å². The molecule has 2 rings (SSSR count). The topological polar surface area (TPSA) is 88.3 Å². The molecule has 1 heterocycles. The number of nitrogens with zero attached hydrogens (tertiary/aromatic N) is 1. The lowest BCUT2D eigenvalue weighted by atomic mass is 10.3. The smallest absolute Gasteiger partial charge is 0.191 e.